The van der Waals surface area contributed by atoms with Crippen molar-refractivity contribution in [1.29, 1.82) is 0 Å². The van der Waals surface area contributed by atoms with E-state index in [0.29, 0.717) is 6.61 Å². The second-order valence-electron chi connectivity index (χ2n) is 2.97. The lowest BCUT2D eigenvalue weighted by atomic mass is 10.1. The van der Waals surface area contributed by atoms with Gasteiger partial charge in [-0.05, 0) is 20.8 Å². The van der Waals surface area contributed by atoms with E-state index in [1.54, 1.807) is 13.0 Å². The Kier molecular flexibility index (Phi) is 3.61. The Hall–Kier alpha value is -0.340. The Balaban J connectivity index is 3.56. The zero-order valence-corrected chi connectivity index (χ0v) is 6.92. The molecule has 1 N–H and O–H groups in total. The van der Waals surface area contributed by atoms with Crippen molar-refractivity contribution < 1.29 is 9.84 Å². The Bertz CT molecular complexity index is 106. The van der Waals surface area contributed by atoms with Gasteiger partial charge in [-0.25, -0.2) is 0 Å². The van der Waals surface area contributed by atoms with Gasteiger partial charge in [0.1, 0.15) is 0 Å². The highest BCUT2D eigenvalue weighted by atomic mass is 16.5. The van der Waals surface area contributed by atoms with Crippen molar-refractivity contribution >= 4 is 0 Å². The summed E-state index contributed by atoms with van der Waals surface area (Å²) in [6, 6.07) is 0. The quantitative estimate of drug-likeness (QED) is 0.603. The van der Waals surface area contributed by atoms with Gasteiger partial charge in [-0.15, -0.1) is 6.58 Å². The first-order valence-corrected chi connectivity index (χ1v) is 3.43. The molecule has 0 rings (SSSR count). The third-order valence-electron chi connectivity index (χ3n) is 1.19. The summed E-state index contributed by atoms with van der Waals surface area (Å²) in [6.45, 7) is 9.47. The zero-order valence-electron chi connectivity index (χ0n) is 6.92. The minimum atomic E-state index is -0.403. The van der Waals surface area contributed by atoms with Gasteiger partial charge >= 0.3 is 0 Å². The van der Waals surface area contributed by atoms with Crippen LogP contribution in [0.2, 0.25) is 0 Å². The summed E-state index contributed by atoms with van der Waals surface area (Å²) >= 11 is 0. The summed E-state index contributed by atoms with van der Waals surface area (Å²) in [5.74, 6) is 0. The number of rotatable bonds is 4. The van der Waals surface area contributed by atoms with E-state index >= 15 is 0 Å². The van der Waals surface area contributed by atoms with Gasteiger partial charge in [0.2, 0.25) is 0 Å². The molecule has 0 fully saturated rings. The number of hydrogen-bond donors (Lipinski definition) is 1. The van der Waals surface area contributed by atoms with Gasteiger partial charge < -0.3 is 9.84 Å². The highest BCUT2D eigenvalue weighted by molar-refractivity contribution is 4.89. The van der Waals surface area contributed by atoms with E-state index in [0.717, 1.165) is 0 Å². The van der Waals surface area contributed by atoms with Gasteiger partial charge in [-0.3, -0.25) is 0 Å². The molecule has 0 heterocycles. The molecule has 60 valence electrons. The summed E-state index contributed by atoms with van der Waals surface area (Å²) in [4.78, 5) is 0. The second kappa shape index (κ2) is 3.74. The molecule has 0 amide bonds. The monoisotopic (exact) mass is 144 g/mol. The fourth-order valence-electron chi connectivity index (χ4n) is 0.394. The Morgan fingerprint density at radius 1 is 1.70 bits per heavy atom. The maximum absolute atomic E-state index is 8.85. The molecule has 10 heavy (non-hydrogen) atoms. The predicted octanol–water partition coefficient (Wildman–Crippen LogP) is 1.35. The fourth-order valence-corrected chi connectivity index (χ4v) is 0.394. The van der Waals surface area contributed by atoms with Crippen LogP contribution in [0.4, 0.5) is 0 Å². The Morgan fingerprint density at radius 3 is 2.50 bits per heavy atom. The molecule has 0 aromatic carbocycles. The molecule has 0 aromatic rings. The SMILES string of the molecule is C=CC(C)(C)OCC(C)O. The lowest BCUT2D eigenvalue weighted by molar-refractivity contribution is -0.0269. The average molecular weight is 144 g/mol. The maximum atomic E-state index is 8.85. The van der Waals surface area contributed by atoms with Gasteiger partial charge in [-0.2, -0.15) is 0 Å². The summed E-state index contributed by atoms with van der Waals surface area (Å²) in [6.07, 6.45) is 1.31. The zero-order chi connectivity index (χ0) is 8.20. The van der Waals surface area contributed by atoms with Crippen molar-refractivity contribution in [3.63, 3.8) is 0 Å². The molecule has 0 aliphatic heterocycles. The first-order chi connectivity index (χ1) is 4.48. The van der Waals surface area contributed by atoms with Crippen molar-refractivity contribution in [3.05, 3.63) is 12.7 Å². The van der Waals surface area contributed by atoms with Crippen LogP contribution in [0.3, 0.4) is 0 Å². The van der Waals surface area contributed by atoms with Gasteiger partial charge in [0.15, 0.2) is 0 Å². The molecular formula is C8H16O2. The highest BCUT2D eigenvalue weighted by Crippen LogP contribution is 2.09. The predicted molar refractivity (Wildman–Crippen MR) is 41.9 cm³/mol. The standard InChI is InChI=1S/C8H16O2/c1-5-8(3,4)10-6-7(2)9/h5,7,9H,1,6H2,2-4H3. The summed E-state index contributed by atoms with van der Waals surface area (Å²) in [5.41, 5.74) is -0.322. The molecule has 0 aromatic heterocycles. The van der Waals surface area contributed by atoms with Crippen LogP contribution in [0.1, 0.15) is 20.8 Å². The van der Waals surface area contributed by atoms with Crippen LogP contribution in [0.15, 0.2) is 12.7 Å². The van der Waals surface area contributed by atoms with Crippen LogP contribution < -0.4 is 0 Å². The summed E-state index contributed by atoms with van der Waals surface area (Å²) < 4.78 is 5.27. The number of ether oxygens (including phenoxy) is 1. The molecule has 1 atom stereocenters. The molecule has 0 bridgehead atoms. The third kappa shape index (κ3) is 4.53. The van der Waals surface area contributed by atoms with E-state index in [4.69, 9.17) is 9.84 Å². The van der Waals surface area contributed by atoms with E-state index < -0.39 is 6.10 Å². The van der Waals surface area contributed by atoms with Gasteiger partial charge in [0.25, 0.3) is 0 Å². The van der Waals surface area contributed by atoms with E-state index in [1.165, 1.54) is 0 Å². The molecule has 2 nitrogen and oxygen atoms in total. The topological polar surface area (TPSA) is 29.5 Å². The molecule has 0 radical (unpaired) electrons. The smallest absolute Gasteiger partial charge is 0.0805 e. The molecule has 0 spiro atoms. The minimum Gasteiger partial charge on any atom is -0.391 e. The summed E-state index contributed by atoms with van der Waals surface area (Å²) in [7, 11) is 0. The normalized spacial score (nSPS) is 14.8. The number of hydrogen-bond acceptors (Lipinski definition) is 2. The molecule has 2 heteroatoms. The molecule has 1 unspecified atom stereocenters. The van der Waals surface area contributed by atoms with Crippen molar-refractivity contribution in [3.8, 4) is 0 Å². The Morgan fingerprint density at radius 2 is 2.20 bits per heavy atom. The van der Waals surface area contributed by atoms with Crippen molar-refractivity contribution in [1.82, 2.24) is 0 Å². The molecule has 0 saturated carbocycles. The van der Waals surface area contributed by atoms with Crippen LogP contribution >= 0.6 is 0 Å². The van der Waals surface area contributed by atoms with E-state index in [-0.39, 0.29) is 5.60 Å². The number of aliphatic hydroxyl groups is 1. The third-order valence-corrected chi connectivity index (χ3v) is 1.19. The van der Waals surface area contributed by atoms with Crippen molar-refractivity contribution in [2.75, 3.05) is 6.61 Å². The molecule has 0 aliphatic carbocycles. The van der Waals surface area contributed by atoms with Crippen LogP contribution in [0.25, 0.3) is 0 Å². The fraction of sp³-hybridized carbons (Fsp3) is 0.750. The van der Waals surface area contributed by atoms with Gasteiger partial charge in [0.05, 0.1) is 18.3 Å². The lowest BCUT2D eigenvalue weighted by Crippen LogP contribution is -2.25. The van der Waals surface area contributed by atoms with Crippen LogP contribution in [-0.2, 0) is 4.74 Å². The highest BCUT2D eigenvalue weighted by Gasteiger charge is 2.13. The molecule has 0 saturated heterocycles. The minimum absolute atomic E-state index is 0.322. The lowest BCUT2D eigenvalue weighted by Gasteiger charge is -2.21. The van der Waals surface area contributed by atoms with Crippen molar-refractivity contribution in [2.45, 2.75) is 32.5 Å². The second-order valence-corrected chi connectivity index (χ2v) is 2.97. The van der Waals surface area contributed by atoms with Crippen LogP contribution in [-0.4, -0.2) is 23.4 Å². The van der Waals surface area contributed by atoms with Crippen LogP contribution in [0.5, 0.6) is 0 Å². The average Bonchev–Trinajstić information content (AvgIpc) is 1.85. The van der Waals surface area contributed by atoms with Crippen molar-refractivity contribution in [2.24, 2.45) is 0 Å². The maximum Gasteiger partial charge on any atom is 0.0805 e. The molecular weight excluding hydrogens is 128 g/mol. The van der Waals surface area contributed by atoms with E-state index in [2.05, 4.69) is 6.58 Å². The van der Waals surface area contributed by atoms with E-state index in [1.807, 2.05) is 13.8 Å². The molecule has 0 aliphatic rings. The van der Waals surface area contributed by atoms with E-state index in [9.17, 15) is 0 Å². The first kappa shape index (κ1) is 9.66. The largest absolute Gasteiger partial charge is 0.391 e. The van der Waals surface area contributed by atoms with Gasteiger partial charge in [0, 0.05) is 0 Å². The summed E-state index contributed by atoms with van der Waals surface area (Å²) in [5, 5.41) is 8.85. The van der Waals surface area contributed by atoms with Crippen LogP contribution in [0, 0.1) is 0 Å². The Labute approximate surface area is 62.5 Å². The first-order valence-electron chi connectivity index (χ1n) is 3.43. The number of aliphatic hydroxyl groups excluding tert-OH is 1. The van der Waals surface area contributed by atoms with Gasteiger partial charge in [-0.1, -0.05) is 6.08 Å².